The van der Waals surface area contributed by atoms with E-state index < -0.39 is 0 Å². The van der Waals surface area contributed by atoms with Gasteiger partial charge in [0.1, 0.15) is 5.82 Å². The SMILES string of the molecule is Fc1ccc(CSc2nnc(-c3ccncc3)n2-c2ccc(Br)cc2)cc1. The molecule has 0 bridgehead atoms. The normalized spacial score (nSPS) is 10.9. The van der Waals surface area contributed by atoms with E-state index in [-0.39, 0.29) is 5.82 Å². The van der Waals surface area contributed by atoms with Gasteiger partial charge in [0.05, 0.1) is 0 Å². The van der Waals surface area contributed by atoms with Gasteiger partial charge in [0.25, 0.3) is 0 Å². The molecule has 0 atom stereocenters. The standard InChI is InChI=1S/C20H14BrFN4S/c21-16-3-7-18(8-4-16)26-19(15-9-11-23-12-10-15)24-25-20(26)27-13-14-1-5-17(22)6-2-14/h1-12H,13H2. The van der Waals surface area contributed by atoms with Crippen LogP contribution in [0.5, 0.6) is 0 Å². The van der Waals surface area contributed by atoms with Gasteiger partial charge >= 0.3 is 0 Å². The Hall–Kier alpha value is -2.51. The number of hydrogen-bond acceptors (Lipinski definition) is 4. The molecule has 0 spiro atoms. The molecule has 134 valence electrons. The van der Waals surface area contributed by atoms with Crippen molar-refractivity contribution >= 4 is 27.7 Å². The van der Waals surface area contributed by atoms with Crippen molar-refractivity contribution in [1.82, 2.24) is 19.7 Å². The van der Waals surface area contributed by atoms with Crippen LogP contribution in [-0.2, 0) is 5.75 Å². The first-order valence-electron chi connectivity index (χ1n) is 8.20. The zero-order chi connectivity index (χ0) is 18.6. The van der Waals surface area contributed by atoms with Crippen molar-refractivity contribution < 1.29 is 4.39 Å². The Morgan fingerprint density at radius 1 is 0.889 bits per heavy atom. The Labute approximate surface area is 168 Å². The minimum Gasteiger partial charge on any atom is -0.270 e. The van der Waals surface area contributed by atoms with Crippen LogP contribution in [0.15, 0.2) is 82.7 Å². The van der Waals surface area contributed by atoms with Crippen LogP contribution in [-0.4, -0.2) is 19.7 Å². The van der Waals surface area contributed by atoms with Gasteiger partial charge in [0, 0.05) is 33.9 Å². The molecule has 0 aliphatic rings. The largest absolute Gasteiger partial charge is 0.270 e. The number of hydrogen-bond donors (Lipinski definition) is 0. The third-order valence-corrected chi connectivity index (χ3v) is 5.47. The summed E-state index contributed by atoms with van der Waals surface area (Å²) in [5, 5.41) is 9.57. The second-order valence-electron chi connectivity index (χ2n) is 5.77. The molecular weight excluding hydrogens is 427 g/mol. The third-order valence-electron chi connectivity index (χ3n) is 3.94. The lowest BCUT2D eigenvalue weighted by Gasteiger charge is -2.10. The summed E-state index contributed by atoms with van der Waals surface area (Å²) in [7, 11) is 0. The molecule has 4 aromatic rings. The number of pyridine rings is 1. The van der Waals surface area contributed by atoms with Gasteiger partial charge in [-0.15, -0.1) is 10.2 Å². The summed E-state index contributed by atoms with van der Waals surface area (Å²) in [5.74, 6) is 1.19. The molecule has 0 fully saturated rings. The highest BCUT2D eigenvalue weighted by Crippen LogP contribution is 2.30. The van der Waals surface area contributed by atoms with E-state index in [1.165, 1.54) is 12.1 Å². The van der Waals surface area contributed by atoms with E-state index >= 15 is 0 Å². The van der Waals surface area contributed by atoms with Crippen LogP contribution in [0.1, 0.15) is 5.56 Å². The summed E-state index contributed by atoms with van der Waals surface area (Å²) in [4.78, 5) is 4.08. The third kappa shape index (κ3) is 4.09. The topological polar surface area (TPSA) is 43.6 Å². The van der Waals surface area contributed by atoms with Crippen molar-refractivity contribution in [2.24, 2.45) is 0 Å². The first kappa shape index (κ1) is 17.9. The lowest BCUT2D eigenvalue weighted by molar-refractivity contribution is 0.627. The Morgan fingerprint density at radius 3 is 2.30 bits per heavy atom. The van der Waals surface area contributed by atoms with Gasteiger partial charge in [-0.1, -0.05) is 39.8 Å². The molecule has 0 unspecified atom stereocenters. The average Bonchev–Trinajstić information content (AvgIpc) is 3.13. The highest BCUT2D eigenvalue weighted by atomic mass is 79.9. The van der Waals surface area contributed by atoms with Gasteiger partial charge in [-0.05, 0) is 54.1 Å². The van der Waals surface area contributed by atoms with Crippen LogP contribution in [0.2, 0.25) is 0 Å². The second kappa shape index (κ2) is 8.02. The molecule has 27 heavy (non-hydrogen) atoms. The number of nitrogens with zero attached hydrogens (tertiary/aromatic N) is 4. The molecule has 0 saturated carbocycles. The molecule has 7 heteroatoms. The lowest BCUT2D eigenvalue weighted by Crippen LogP contribution is -1.99. The van der Waals surface area contributed by atoms with Crippen LogP contribution in [0.25, 0.3) is 17.1 Å². The zero-order valence-electron chi connectivity index (χ0n) is 14.1. The minimum absolute atomic E-state index is 0.234. The van der Waals surface area contributed by atoms with Gasteiger partial charge in [-0.3, -0.25) is 9.55 Å². The number of halogens is 2. The molecule has 0 saturated heterocycles. The van der Waals surface area contributed by atoms with Gasteiger partial charge in [-0.25, -0.2) is 4.39 Å². The van der Waals surface area contributed by atoms with E-state index in [0.717, 1.165) is 32.3 Å². The lowest BCUT2D eigenvalue weighted by atomic mass is 10.2. The van der Waals surface area contributed by atoms with Crippen LogP contribution in [0.3, 0.4) is 0 Å². The van der Waals surface area contributed by atoms with Gasteiger partial charge in [-0.2, -0.15) is 0 Å². The van der Waals surface area contributed by atoms with E-state index in [9.17, 15) is 4.39 Å². The summed E-state index contributed by atoms with van der Waals surface area (Å²) in [5.41, 5.74) is 2.93. The first-order chi connectivity index (χ1) is 13.2. The van der Waals surface area contributed by atoms with Crippen LogP contribution in [0.4, 0.5) is 4.39 Å². The summed E-state index contributed by atoms with van der Waals surface area (Å²) >= 11 is 5.03. The van der Waals surface area contributed by atoms with Crippen molar-refractivity contribution in [3.63, 3.8) is 0 Å². The molecule has 4 nitrogen and oxygen atoms in total. The monoisotopic (exact) mass is 440 g/mol. The van der Waals surface area contributed by atoms with E-state index in [0.29, 0.717) is 5.75 Å². The molecule has 2 aromatic heterocycles. The van der Waals surface area contributed by atoms with Crippen molar-refractivity contribution in [2.75, 3.05) is 0 Å². The molecule has 2 aromatic carbocycles. The van der Waals surface area contributed by atoms with Gasteiger partial charge < -0.3 is 0 Å². The van der Waals surface area contributed by atoms with E-state index in [1.807, 2.05) is 41.0 Å². The van der Waals surface area contributed by atoms with Gasteiger partial charge in [0.15, 0.2) is 11.0 Å². The minimum atomic E-state index is -0.234. The fraction of sp³-hybridized carbons (Fsp3) is 0.0500. The molecular formula is C20H14BrFN4S. The summed E-state index contributed by atoms with van der Waals surface area (Å²) in [6, 6.07) is 18.3. The van der Waals surface area contributed by atoms with E-state index in [1.54, 1.807) is 36.3 Å². The van der Waals surface area contributed by atoms with Crippen LogP contribution >= 0.6 is 27.7 Å². The highest BCUT2D eigenvalue weighted by molar-refractivity contribution is 9.10. The van der Waals surface area contributed by atoms with E-state index in [2.05, 4.69) is 31.1 Å². The number of rotatable bonds is 5. The quantitative estimate of drug-likeness (QED) is 0.383. The Kier molecular flexibility index (Phi) is 5.31. The Morgan fingerprint density at radius 2 is 1.59 bits per heavy atom. The molecule has 4 rings (SSSR count). The predicted molar refractivity (Wildman–Crippen MR) is 108 cm³/mol. The average molecular weight is 441 g/mol. The smallest absolute Gasteiger partial charge is 0.196 e. The van der Waals surface area contributed by atoms with Crippen LogP contribution < -0.4 is 0 Å². The Bertz CT molecular complexity index is 1030. The fourth-order valence-electron chi connectivity index (χ4n) is 2.60. The molecule has 0 N–H and O–H groups in total. The van der Waals surface area contributed by atoms with Crippen molar-refractivity contribution in [2.45, 2.75) is 10.9 Å². The van der Waals surface area contributed by atoms with Crippen molar-refractivity contribution in [3.05, 3.63) is 88.9 Å². The Balaban J connectivity index is 1.71. The second-order valence-corrected chi connectivity index (χ2v) is 7.63. The maximum atomic E-state index is 13.1. The fourth-order valence-corrected chi connectivity index (χ4v) is 3.77. The highest BCUT2D eigenvalue weighted by Gasteiger charge is 2.16. The molecule has 2 heterocycles. The van der Waals surface area contributed by atoms with Crippen LogP contribution in [0, 0.1) is 5.82 Å². The van der Waals surface area contributed by atoms with E-state index in [4.69, 9.17) is 0 Å². The summed E-state index contributed by atoms with van der Waals surface area (Å²) in [6.07, 6.45) is 3.47. The molecule has 0 radical (unpaired) electrons. The summed E-state index contributed by atoms with van der Waals surface area (Å²) < 4.78 is 16.1. The number of benzene rings is 2. The molecule has 0 aliphatic heterocycles. The first-order valence-corrected chi connectivity index (χ1v) is 9.97. The molecule has 0 aliphatic carbocycles. The van der Waals surface area contributed by atoms with Gasteiger partial charge in [0.2, 0.25) is 0 Å². The predicted octanol–water partition coefficient (Wildman–Crippen LogP) is 5.52. The van der Waals surface area contributed by atoms with Crippen molar-refractivity contribution in [1.29, 1.82) is 0 Å². The number of thioether (sulfide) groups is 1. The number of aromatic nitrogens is 4. The van der Waals surface area contributed by atoms with Crippen molar-refractivity contribution in [3.8, 4) is 17.1 Å². The summed E-state index contributed by atoms with van der Waals surface area (Å²) in [6.45, 7) is 0. The zero-order valence-corrected chi connectivity index (χ0v) is 16.5. The maximum Gasteiger partial charge on any atom is 0.196 e. The maximum absolute atomic E-state index is 13.1. The molecule has 0 amide bonds.